The maximum atomic E-state index is 12.6. The number of carbonyl (C=O) groups excluding carboxylic acids is 1. The van der Waals surface area contributed by atoms with Gasteiger partial charge in [-0.2, -0.15) is 0 Å². The Morgan fingerprint density at radius 2 is 2.00 bits per heavy atom. The molecule has 7 nitrogen and oxygen atoms in total. The van der Waals surface area contributed by atoms with E-state index in [1.165, 1.54) is 20.2 Å². The van der Waals surface area contributed by atoms with Gasteiger partial charge in [-0.15, -0.1) is 0 Å². The Morgan fingerprint density at radius 3 is 2.67 bits per heavy atom. The number of hydrogen-bond donors (Lipinski definition) is 1. The summed E-state index contributed by atoms with van der Waals surface area (Å²) in [6.45, 7) is 2.10. The van der Waals surface area contributed by atoms with E-state index in [2.05, 4.69) is 5.32 Å². The predicted molar refractivity (Wildman–Crippen MR) is 102 cm³/mol. The normalized spacial score (nSPS) is 15.9. The topological polar surface area (TPSA) is 84.9 Å². The quantitative estimate of drug-likeness (QED) is 0.818. The number of fused-ring (bicyclic) bond motifs is 1. The zero-order chi connectivity index (χ0) is 19.6. The molecule has 8 heteroatoms. The maximum absolute atomic E-state index is 12.6. The highest BCUT2D eigenvalue weighted by Gasteiger charge is 2.29. The fourth-order valence-electron chi connectivity index (χ4n) is 2.81. The summed E-state index contributed by atoms with van der Waals surface area (Å²) in [4.78, 5) is 12.6. The number of rotatable bonds is 6. The lowest BCUT2D eigenvalue weighted by Crippen LogP contribution is -2.31. The third kappa shape index (κ3) is 3.91. The van der Waals surface area contributed by atoms with Gasteiger partial charge in [0.15, 0.2) is 6.10 Å². The third-order valence-corrected chi connectivity index (χ3v) is 6.05. The Kier molecular flexibility index (Phi) is 5.38. The summed E-state index contributed by atoms with van der Waals surface area (Å²) in [5, 5.41) is 2.74. The van der Waals surface area contributed by atoms with Crippen LogP contribution in [0.3, 0.4) is 0 Å². The van der Waals surface area contributed by atoms with Gasteiger partial charge in [0.25, 0.3) is 5.91 Å². The number of para-hydroxylation sites is 1. The Labute approximate surface area is 158 Å². The van der Waals surface area contributed by atoms with Crippen molar-refractivity contribution in [1.29, 1.82) is 0 Å². The van der Waals surface area contributed by atoms with Crippen molar-refractivity contribution in [1.82, 2.24) is 4.31 Å². The molecule has 2 aromatic carbocycles. The molecule has 0 unspecified atom stereocenters. The van der Waals surface area contributed by atoms with Crippen LogP contribution in [0.5, 0.6) is 11.5 Å². The van der Waals surface area contributed by atoms with E-state index in [0.717, 1.165) is 9.87 Å². The van der Waals surface area contributed by atoms with Crippen molar-refractivity contribution in [3.05, 3.63) is 48.0 Å². The molecule has 2 aromatic rings. The largest absolute Gasteiger partial charge is 0.492 e. The number of nitrogens with zero attached hydrogens (tertiary/aromatic N) is 1. The summed E-state index contributed by atoms with van der Waals surface area (Å²) in [5.74, 6) is 0.609. The monoisotopic (exact) mass is 390 g/mol. The van der Waals surface area contributed by atoms with Gasteiger partial charge in [0.05, 0.1) is 6.61 Å². The molecule has 0 fully saturated rings. The molecule has 1 amide bonds. The number of amides is 1. The highest BCUT2D eigenvalue weighted by Crippen LogP contribution is 2.31. The lowest BCUT2D eigenvalue weighted by molar-refractivity contribution is -0.122. The van der Waals surface area contributed by atoms with E-state index in [1.54, 1.807) is 19.1 Å². The molecule has 0 saturated heterocycles. The number of hydrogen-bond acceptors (Lipinski definition) is 5. The summed E-state index contributed by atoms with van der Waals surface area (Å²) < 4.78 is 37.4. The van der Waals surface area contributed by atoms with Gasteiger partial charge in [0, 0.05) is 26.2 Å². The first-order valence-corrected chi connectivity index (χ1v) is 10.0. The fraction of sp³-hybridized carbons (Fsp3) is 0.316. The molecule has 0 radical (unpaired) electrons. The van der Waals surface area contributed by atoms with Crippen LogP contribution in [0.4, 0.5) is 5.69 Å². The van der Waals surface area contributed by atoms with E-state index in [4.69, 9.17) is 9.47 Å². The van der Waals surface area contributed by atoms with E-state index >= 15 is 0 Å². The molecule has 27 heavy (non-hydrogen) atoms. The summed E-state index contributed by atoms with van der Waals surface area (Å²) in [6, 6.07) is 12.0. The zero-order valence-electron chi connectivity index (χ0n) is 15.4. The molecule has 1 heterocycles. The first-order valence-electron chi connectivity index (χ1n) is 8.57. The molecule has 144 valence electrons. The minimum absolute atomic E-state index is 0.00257. The Bertz CT molecular complexity index is 931. The molecule has 0 spiro atoms. The van der Waals surface area contributed by atoms with Crippen molar-refractivity contribution in [2.75, 3.05) is 26.0 Å². The van der Waals surface area contributed by atoms with Gasteiger partial charge in [-0.3, -0.25) is 4.79 Å². The van der Waals surface area contributed by atoms with Crippen molar-refractivity contribution < 1.29 is 22.7 Å². The molecule has 1 aliphatic heterocycles. The first-order chi connectivity index (χ1) is 12.8. The van der Waals surface area contributed by atoms with Gasteiger partial charge in [-0.25, -0.2) is 12.7 Å². The molecule has 1 atom stereocenters. The molecule has 1 aliphatic rings. The van der Waals surface area contributed by atoms with Crippen molar-refractivity contribution in [3.63, 3.8) is 0 Å². The number of ether oxygens (including phenoxy) is 2. The van der Waals surface area contributed by atoms with Crippen LogP contribution in [0.2, 0.25) is 0 Å². The average Bonchev–Trinajstić information content (AvgIpc) is 3.07. The van der Waals surface area contributed by atoms with Crippen molar-refractivity contribution in [2.45, 2.75) is 24.3 Å². The molecule has 0 aliphatic carbocycles. The van der Waals surface area contributed by atoms with E-state index in [1.807, 2.05) is 24.3 Å². The summed E-state index contributed by atoms with van der Waals surface area (Å²) >= 11 is 0. The van der Waals surface area contributed by atoms with Crippen LogP contribution >= 0.6 is 0 Å². The van der Waals surface area contributed by atoms with Crippen LogP contribution in [0, 0.1) is 0 Å². The van der Waals surface area contributed by atoms with Gasteiger partial charge in [0.2, 0.25) is 10.0 Å². The van der Waals surface area contributed by atoms with Gasteiger partial charge < -0.3 is 14.8 Å². The number of carbonyl (C=O) groups is 1. The minimum atomic E-state index is -3.72. The number of anilines is 1. The second-order valence-corrected chi connectivity index (χ2v) is 8.41. The smallest absolute Gasteiger partial charge is 0.265 e. The predicted octanol–water partition coefficient (Wildman–Crippen LogP) is 2.28. The van der Waals surface area contributed by atoms with Crippen LogP contribution in [-0.2, 0) is 21.2 Å². The zero-order valence-corrected chi connectivity index (χ0v) is 16.2. The minimum Gasteiger partial charge on any atom is -0.492 e. The molecule has 0 aromatic heterocycles. The van der Waals surface area contributed by atoms with Gasteiger partial charge >= 0.3 is 0 Å². The van der Waals surface area contributed by atoms with Crippen molar-refractivity contribution in [2.24, 2.45) is 0 Å². The molecular weight excluding hydrogens is 368 g/mol. The highest BCUT2D eigenvalue weighted by atomic mass is 32.2. The SMILES string of the molecule is CCOc1ccc(NC(=O)[C@H]2Cc3ccccc3O2)cc1S(=O)(=O)N(C)C. The highest BCUT2D eigenvalue weighted by molar-refractivity contribution is 7.89. The third-order valence-electron chi connectivity index (χ3n) is 4.21. The molecule has 3 rings (SSSR count). The Hall–Kier alpha value is -2.58. The lowest BCUT2D eigenvalue weighted by Gasteiger charge is -2.17. The molecular formula is C19H22N2O5S. The van der Waals surface area contributed by atoms with E-state index in [9.17, 15) is 13.2 Å². The molecule has 0 saturated carbocycles. The van der Waals surface area contributed by atoms with Crippen LogP contribution < -0.4 is 14.8 Å². The van der Waals surface area contributed by atoms with Crippen LogP contribution in [0.25, 0.3) is 0 Å². The standard InChI is InChI=1S/C19H22N2O5S/c1-4-25-16-10-9-14(12-18(16)27(23,24)21(2)3)20-19(22)17-11-13-7-5-6-8-15(13)26-17/h5-10,12,17H,4,11H2,1-3H3,(H,20,22)/t17-/m1/s1. The first kappa shape index (κ1) is 19.2. The number of sulfonamides is 1. The summed E-state index contributed by atoms with van der Waals surface area (Å²) in [5.41, 5.74) is 1.34. The molecule has 0 bridgehead atoms. The summed E-state index contributed by atoms with van der Waals surface area (Å²) in [7, 11) is -0.836. The van der Waals surface area contributed by atoms with Gasteiger partial charge in [0.1, 0.15) is 16.4 Å². The Balaban J connectivity index is 1.82. The average molecular weight is 390 g/mol. The van der Waals surface area contributed by atoms with Crippen molar-refractivity contribution in [3.8, 4) is 11.5 Å². The second kappa shape index (κ2) is 7.58. The van der Waals surface area contributed by atoms with E-state index < -0.39 is 16.1 Å². The Morgan fingerprint density at radius 1 is 1.26 bits per heavy atom. The van der Waals surface area contributed by atoms with Crippen molar-refractivity contribution >= 4 is 21.6 Å². The fourth-order valence-corrected chi connectivity index (χ4v) is 3.86. The van der Waals surface area contributed by atoms with Gasteiger partial charge in [-0.05, 0) is 36.8 Å². The van der Waals surface area contributed by atoms with Crippen LogP contribution in [0.1, 0.15) is 12.5 Å². The van der Waals surface area contributed by atoms with Crippen LogP contribution in [0.15, 0.2) is 47.4 Å². The number of benzene rings is 2. The van der Waals surface area contributed by atoms with Gasteiger partial charge in [-0.1, -0.05) is 18.2 Å². The molecule has 1 N–H and O–H groups in total. The van der Waals surface area contributed by atoms with E-state index in [0.29, 0.717) is 24.5 Å². The maximum Gasteiger partial charge on any atom is 0.265 e. The van der Waals surface area contributed by atoms with E-state index in [-0.39, 0.29) is 16.6 Å². The number of nitrogens with one attached hydrogen (secondary N) is 1. The lowest BCUT2D eigenvalue weighted by atomic mass is 10.1. The second-order valence-electron chi connectivity index (χ2n) is 6.29. The van der Waals surface area contributed by atoms with Crippen LogP contribution in [-0.4, -0.2) is 45.4 Å². The summed E-state index contributed by atoms with van der Waals surface area (Å²) in [6.07, 6.45) is -0.176.